The van der Waals surface area contributed by atoms with E-state index < -0.39 is 0 Å². The highest BCUT2D eigenvalue weighted by atomic mass is 16.7. The fourth-order valence-corrected chi connectivity index (χ4v) is 2.94. The molecule has 0 aliphatic carbocycles. The van der Waals surface area contributed by atoms with Gasteiger partial charge in [0, 0.05) is 26.1 Å². The maximum Gasteiger partial charge on any atom is 0.159 e. The third kappa shape index (κ3) is 4.04. The monoisotopic (exact) mass is 291 g/mol. The average molecular weight is 291 g/mol. The second kappa shape index (κ2) is 7.36. The van der Waals surface area contributed by atoms with E-state index >= 15 is 0 Å². The highest BCUT2D eigenvalue weighted by molar-refractivity contribution is 5.24. The van der Waals surface area contributed by atoms with E-state index in [0.29, 0.717) is 0 Å². The van der Waals surface area contributed by atoms with Crippen LogP contribution in [0.2, 0.25) is 0 Å². The van der Waals surface area contributed by atoms with Crippen molar-refractivity contribution in [2.75, 3.05) is 39.5 Å². The zero-order valence-electron chi connectivity index (χ0n) is 12.8. The molecule has 116 valence electrons. The van der Waals surface area contributed by atoms with Crippen LogP contribution in [0.3, 0.4) is 0 Å². The number of nitrogens with zero attached hydrogens (tertiary/aromatic N) is 1. The van der Waals surface area contributed by atoms with Crippen molar-refractivity contribution in [2.45, 2.75) is 32.2 Å². The van der Waals surface area contributed by atoms with Gasteiger partial charge in [-0.3, -0.25) is 4.90 Å². The molecule has 0 bridgehead atoms. The summed E-state index contributed by atoms with van der Waals surface area (Å²) in [7, 11) is 0. The lowest BCUT2D eigenvalue weighted by molar-refractivity contribution is -0.0673. The quantitative estimate of drug-likeness (QED) is 0.833. The zero-order chi connectivity index (χ0) is 14.5. The molecule has 21 heavy (non-hydrogen) atoms. The van der Waals surface area contributed by atoms with E-state index in [9.17, 15) is 0 Å². The van der Waals surface area contributed by atoms with Gasteiger partial charge in [0.05, 0.1) is 25.9 Å². The zero-order valence-corrected chi connectivity index (χ0v) is 12.8. The van der Waals surface area contributed by atoms with Gasteiger partial charge in [-0.05, 0) is 17.5 Å². The van der Waals surface area contributed by atoms with Gasteiger partial charge in [-0.25, -0.2) is 0 Å². The average Bonchev–Trinajstić information content (AvgIpc) is 3.07. The standard InChI is InChI=1S/C17H25NO3/c1-2-14-3-5-15(6-4-14)16-13-18(9-10-19-16)8-7-17-20-11-12-21-17/h3-6,16-17H,2,7-13H2,1H3/t16-/m1/s1. The van der Waals surface area contributed by atoms with Gasteiger partial charge in [-0.1, -0.05) is 31.2 Å². The Bertz CT molecular complexity index is 428. The second-order valence-electron chi connectivity index (χ2n) is 5.71. The summed E-state index contributed by atoms with van der Waals surface area (Å²) >= 11 is 0. The van der Waals surface area contributed by atoms with Crippen LogP contribution in [0.25, 0.3) is 0 Å². The molecule has 2 saturated heterocycles. The summed E-state index contributed by atoms with van der Waals surface area (Å²) in [4.78, 5) is 2.45. The van der Waals surface area contributed by atoms with E-state index in [4.69, 9.17) is 14.2 Å². The topological polar surface area (TPSA) is 30.9 Å². The van der Waals surface area contributed by atoms with Crippen molar-refractivity contribution in [1.29, 1.82) is 0 Å². The fourth-order valence-electron chi connectivity index (χ4n) is 2.94. The Balaban J connectivity index is 1.51. The number of ether oxygens (including phenoxy) is 3. The number of aryl methyl sites for hydroxylation is 1. The first-order valence-electron chi connectivity index (χ1n) is 8.01. The third-order valence-electron chi connectivity index (χ3n) is 4.28. The maximum atomic E-state index is 5.94. The van der Waals surface area contributed by atoms with Crippen LogP contribution in [0.4, 0.5) is 0 Å². The molecule has 4 heteroatoms. The molecule has 1 aromatic carbocycles. The molecule has 0 spiro atoms. The van der Waals surface area contributed by atoms with Crippen molar-refractivity contribution in [3.8, 4) is 0 Å². The van der Waals surface area contributed by atoms with E-state index in [2.05, 4.69) is 36.1 Å². The highest BCUT2D eigenvalue weighted by Crippen LogP contribution is 2.23. The summed E-state index contributed by atoms with van der Waals surface area (Å²) < 4.78 is 16.9. The summed E-state index contributed by atoms with van der Waals surface area (Å²) in [6, 6.07) is 8.82. The Morgan fingerprint density at radius 2 is 1.81 bits per heavy atom. The molecular formula is C17H25NO3. The fraction of sp³-hybridized carbons (Fsp3) is 0.647. The van der Waals surface area contributed by atoms with Gasteiger partial charge in [0.15, 0.2) is 6.29 Å². The van der Waals surface area contributed by atoms with Crippen LogP contribution in [0, 0.1) is 0 Å². The lowest BCUT2D eigenvalue weighted by Crippen LogP contribution is -2.39. The van der Waals surface area contributed by atoms with Crippen molar-refractivity contribution in [1.82, 2.24) is 4.90 Å². The Kier molecular flexibility index (Phi) is 5.25. The number of benzene rings is 1. The van der Waals surface area contributed by atoms with Crippen molar-refractivity contribution >= 4 is 0 Å². The predicted molar refractivity (Wildman–Crippen MR) is 81.3 cm³/mol. The molecule has 0 saturated carbocycles. The molecular weight excluding hydrogens is 266 g/mol. The van der Waals surface area contributed by atoms with Gasteiger partial charge in [-0.2, -0.15) is 0 Å². The van der Waals surface area contributed by atoms with Gasteiger partial charge in [0.25, 0.3) is 0 Å². The molecule has 4 nitrogen and oxygen atoms in total. The van der Waals surface area contributed by atoms with E-state index in [0.717, 1.165) is 52.3 Å². The largest absolute Gasteiger partial charge is 0.371 e. The van der Waals surface area contributed by atoms with Gasteiger partial charge < -0.3 is 14.2 Å². The Labute approximate surface area is 127 Å². The van der Waals surface area contributed by atoms with Gasteiger partial charge in [0.1, 0.15) is 0 Å². The van der Waals surface area contributed by atoms with Gasteiger partial charge >= 0.3 is 0 Å². The van der Waals surface area contributed by atoms with Gasteiger partial charge in [0.2, 0.25) is 0 Å². The minimum atomic E-state index is -0.00451. The molecule has 0 N–H and O–H groups in total. The molecule has 0 aromatic heterocycles. The Morgan fingerprint density at radius 1 is 1.05 bits per heavy atom. The van der Waals surface area contributed by atoms with Crippen LogP contribution >= 0.6 is 0 Å². The summed E-state index contributed by atoms with van der Waals surface area (Å²) in [5.41, 5.74) is 2.66. The summed E-state index contributed by atoms with van der Waals surface area (Å²) in [5, 5.41) is 0. The van der Waals surface area contributed by atoms with Crippen LogP contribution < -0.4 is 0 Å². The predicted octanol–water partition coefficient (Wildman–Crippen LogP) is 2.39. The molecule has 2 aliphatic rings. The summed E-state index contributed by atoms with van der Waals surface area (Å²) in [5.74, 6) is 0. The van der Waals surface area contributed by atoms with Crippen LogP contribution in [-0.4, -0.2) is 50.6 Å². The maximum absolute atomic E-state index is 5.94. The van der Waals surface area contributed by atoms with E-state index in [1.165, 1.54) is 11.1 Å². The minimum absolute atomic E-state index is 0.00451. The van der Waals surface area contributed by atoms with Crippen molar-refractivity contribution in [3.05, 3.63) is 35.4 Å². The lowest BCUT2D eigenvalue weighted by Gasteiger charge is -2.33. The molecule has 1 aromatic rings. The van der Waals surface area contributed by atoms with Crippen LogP contribution in [0.1, 0.15) is 30.6 Å². The Morgan fingerprint density at radius 3 is 2.52 bits per heavy atom. The van der Waals surface area contributed by atoms with Crippen molar-refractivity contribution in [3.63, 3.8) is 0 Å². The Hall–Kier alpha value is -0.940. The van der Waals surface area contributed by atoms with Crippen molar-refractivity contribution < 1.29 is 14.2 Å². The van der Waals surface area contributed by atoms with Crippen LogP contribution in [0.15, 0.2) is 24.3 Å². The molecule has 1 atom stereocenters. The van der Waals surface area contributed by atoms with E-state index in [1.54, 1.807) is 0 Å². The first-order chi connectivity index (χ1) is 10.3. The molecule has 2 aliphatic heterocycles. The van der Waals surface area contributed by atoms with Crippen LogP contribution in [-0.2, 0) is 20.6 Å². The highest BCUT2D eigenvalue weighted by Gasteiger charge is 2.23. The first-order valence-corrected chi connectivity index (χ1v) is 8.01. The summed E-state index contributed by atoms with van der Waals surface area (Å²) in [6.07, 6.45) is 2.21. The minimum Gasteiger partial charge on any atom is -0.371 e. The number of rotatable bonds is 5. The molecule has 0 unspecified atom stereocenters. The first kappa shape index (κ1) is 15.0. The lowest BCUT2D eigenvalue weighted by atomic mass is 10.0. The number of morpholine rings is 1. The van der Waals surface area contributed by atoms with Crippen LogP contribution in [0.5, 0.6) is 0 Å². The smallest absolute Gasteiger partial charge is 0.159 e. The van der Waals surface area contributed by atoms with Crippen molar-refractivity contribution in [2.24, 2.45) is 0 Å². The number of hydrogen-bond donors (Lipinski definition) is 0. The number of hydrogen-bond acceptors (Lipinski definition) is 4. The molecule has 0 amide bonds. The third-order valence-corrected chi connectivity index (χ3v) is 4.28. The van der Waals surface area contributed by atoms with Gasteiger partial charge in [-0.15, -0.1) is 0 Å². The molecule has 2 fully saturated rings. The summed E-state index contributed by atoms with van der Waals surface area (Å²) in [6.45, 7) is 7.42. The molecule has 3 rings (SSSR count). The second-order valence-corrected chi connectivity index (χ2v) is 5.71. The van der Waals surface area contributed by atoms with E-state index in [1.807, 2.05) is 0 Å². The van der Waals surface area contributed by atoms with E-state index in [-0.39, 0.29) is 12.4 Å². The molecule has 0 radical (unpaired) electrons. The SMILES string of the molecule is CCc1ccc([C@H]2CN(CCC3OCCO3)CCO2)cc1. The molecule has 2 heterocycles. The normalized spacial score (nSPS) is 24.5.